The molecule has 0 unspecified atom stereocenters. The second-order valence-electron chi connectivity index (χ2n) is 4.35. The van der Waals surface area contributed by atoms with Crippen molar-refractivity contribution >= 4 is 11.9 Å². The molecule has 0 amide bonds. The second-order valence-corrected chi connectivity index (χ2v) is 4.35. The van der Waals surface area contributed by atoms with Crippen LogP contribution in [-0.2, 0) is 4.74 Å². The van der Waals surface area contributed by atoms with Crippen molar-refractivity contribution in [2.75, 3.05) is 6.61 Å². The molecule has 5 heteroatoms. The number of esters is 2. The third kappa shape index (κ3) is 3.96. The minimum Gasteiger partial charge on any atom is -0.508 e. The zero-order chi connectivity index (χ0) is 15.9. The molecule has 0 heterocycles. The van der Waals surface area contributed by atoms with Crippen LogP contribution in [0.5, 0.6) is 11.5 Å². The van der Waals surface area contributed by atoms with Gasteiger partial charge in [0.25, 0.3) is 0 Å². The van der Waals surface area contributed by atoms with Crippen LogP contribution in [0.2, 0.25) is 0 Å². The average molecular weight is 298 g/mol. The number of ether oxygens (including phenoxy) is 2. The Labute approximate surface area is 127 Å². The van der Waals surface area contributed by atoms with E-state index in [9.17, 15) is 14.7 Å². The summed E-state index contributed by atoms with van der Waals surface area (Å²) < 4.78 is 10.1. The number of rotatable bonds is 5. The predicted octanol–water partition coefficient (Wildman–Crippen LogP) is 2.95. The maximum Gasteiger partial charge on any atom is 0.343 e. The molecule has 0 aliphatic carbocycles. The van der Waals surface area contributed by atoms with E-state index in [2.05, 4.69) is 6.58 Å². The zero-order valence-electron chi connectivity index (χ0n) is 11.7. The summed E-state index contributed by atoms with van der Waals surface area (Å²) in [5, 5.41) is 9.17. The molecule has 0 aliphatic rings. The van der Waals surface area contributed by atoms with Crippen LogP contribution in [0.3, 0.4) is 0 Å². The zero-order valence-corrected chi connectivity index (χ0v) is 11.7. The molecular formula is C17H14O5. The van der Waals surface area contributed by atoms with Crippen molar-refractivity contribution < 1.29 is 24.2 Å². The van der Waals surface area contributed by atoms with Crippen LogP contribution in [0, 0.1) is 0 Å². The summed E-state index contributed by atoms with van der Waals surface area (Å²) in [6, 6.07) is 11.7. The van der Waals surface area contributed by atoms with Gasteiger partial charge in [0.2, 0.25) is 0 Å². The first-order valence-electron chi connectivity index (χ1n) is 6.49. The summed E-state index contributed by atoms with van der Waals surface area (Å²) in [7, 11) is 0. The molecule has 0 bridgehead atoms. The molecule has 0 aromatic heterocycles. The Bertz CT molecular complexity index is 671. The maximum atomic E-state index is 11.9. The van der Waals surface area contributed by atoms with Crippen molar-refractivity contribution in [3.05, 3.63) is 72.3 Å². The fourth-order valence-corrected chi connectivity index (χ4v) is 1.64. The quantitative estimate of drug-likeness (QED) is 0.522. The molecule has 0 radical (unpaired) electrons. The molecule has 2 rings (SSSR count). The summed E-state index contributed by atoms with van der Waals surface area (Å²) in [4.78, 5) is 23.5. The van der Waals surface area contributed by atoms with Gasteiger partial charge in [-0.25, -0.2) is 9.59 Å². The largest absolute Gasteiger partial charge is 0.508 e. The van der Waals surface area contributed by atoms with Gasteiger partial charge in [0.05, 0.1) is 11.1 Å². The number of aromatic hydroxyl groups is 1. The van der Waals surface area contributed by atoms with E-state index in [1.807, 2.05) is 0 Å². The summed E-state index contributed by atoms with van der Waals surface area (Å²) in [6.45, 7) is 3.59. The van der Waals surface area contributed by atoms with Gasteiger partial charge < -0.3 is 14.6 Å². The SMILES string of the molecule is C=CCOC(=O)c1ccc(OC(=O)c2ccc(O)cc2)cc1. The van der Waals surface area contributed by atoms with Gasteiger partial charge in [-0.3, -0.25) is 0 Å². The third-order valence-electron chi connectivity index (χ3n) is 2.74. The Morgan fingerprint density at radius 2 is 1.50 bits per heavy atom. The third-order valence-corrected chi connectivity index (χ3v) is 2.74. The lowest BCUT2D eigenvalue weighted by Crippen LogP contribution is -2.09. The molecule has 0 saturated heterocycles. The number of hydrogen-bond donors (Lipinski definition) is 1. The van der Waals surface area contributed by atoms with Crippen molar-refractivity contribution in [2.24, 2.45) is 0 Å². The predicted molar refractivity (Wildman–Crippen MR) is 80.0 cm³/mol. The van der Waals surface area contributed by atoms with E-state index in [0.717, 1.165) is 0 Å². The molecule has 5 nitrogen and oxygen atoms in total. The summed E-state index contributed by atoms with van der Waals surface area (Å²) in [5.74, 6) is -0.657. The first-order chi connectivity index (χ1) is 10.6. The topological polar surface area (TPSA) is 72.8 Å². The van der Waals surface area contributed by atoms with Gasteiger partial charge in [0.15, 0.2) is 0 Å². The van der Waals surface area contributed by atoms with Gasteiger partial charge in [-0.1, -0.05) is 12.7 Å². The van der Waals surface area contributed by atoms with E-state index in [4.69, 9.17) is 9.47 Å². The lowest BCUT2D eigenvalue weighted by molar-refractivity contribution is 0.0549. The Hall–Kier alpha value is -3.08. The highest BCUT2D eigenvalue weighted by Gasteiger charge is 2.10. The van der Waals surface area contributed by atoms with E-state index < -0.39 is 11.9 Å². The normalized spacial score (nSPS) is 9.82. The number of phenolic OH excluding ortho intramolecular Hbond substituents is 1. The van der Waals surface area contributed by atoms with Crippen LogP contribution in [0.4, 0.5) is 0 Å². The average Bonchev–Trinajstić information content (AvgIpc) is 2.54. The standard InChI is InChI=1S/C17H14O5/c1-2-11-21-16(19)12-5-9-15(10-6-12)22-17(20)13-3-7-14(18)8-4-13/h2-10,18H,1,11H2. The van der Waals surface area contributed by atoms with Crippen molar-refractivity contribution in [1.82, 2.24) is 0 Å². The highest BCUT2D eigenvalue weighted by molar-refractivity contribution is 5.92. The van der Waals surface area contributed by atoms with Crippen LogP contribution in [0.25, 0.3) is 0 Å². The van der Waals surface area contributed by atoms with E-state index in [1.165, 1.54) is 54.6 Å². The van der Waals surface area contributed by atoms with Crippen molar-refractivity contribution in [3.63, 3.8) is 0 Å². The minimum absolute atomic E-state index is 0.0685. The number of phenols is 1. The van der Waals surface area contributed by atoms with Crippen molar-refractivity contribution in [2.45, 2.75) is 0 Å². The lowest BCUT2D eigenvalue weighted by atomic mass is 10.2. The van der Waals surface area contributed by atoms with E-state index in [0.29, 0.717) is 16.9 Å². The summed E-state index contributed by atoms with van der Waals surface area (Å²) in [6.07, 6.45) is 1.48. The Morgan fingerprint density at radius 1 is 0.955 bits per heavy atom. The van der Waals surface area contributed by atoms with Gasteiger partial charge >= 0.3 is 11.9 Å². The van der Waals surface area contributed by atoms with Gasteiger partial charge in [-0.2, -0.15) is 0 Å². The molecular weight excluding hydrogens is 284 g/mol. The Balaban J connectivity index is 2.01. The van der Waals surface area contributed by atoms with Crippen LogP contribution < -0.4 is 4.74 Å². The smallest absolute Gasteiger partial charge is 0.343 e. The highest BCUT2D eigenvalue weighted by Crippen LogP contribution is 2.16. The van der Waals surface area contributed by atoms with Gasteiger partial charge in [-0.15, -0.1) is 0 Å². The monoisotopic (exact) mass is 298 g/mol. The molecule has 0 aliphatic heterocycles. The van der Waals surface area contributed by atoms with Crippen LogP contribution >= 0.6 is 0 Å². The molecule has 0 atom stereocenters. The molecule has 112 valence electrons. The minimum atomic E-state index is -0.554. The lowest BCUT2D eigenvalue weighted by Gasteiger charge is -2.06. The number of benzene rings is 2. The van der Waals surface area contributed by atoms with E-state index in [-0.39, 0.29) is 12.4 Å². The van der Waals surface area contributed by atoms with E-state index in [1.54, 1.807) is 0 Å². The second kappa shape index (κ2) is 7.08. The molecule has 22 heavy (non-hydrogen) atoms. The van der Waals surface area contributed by atoms with Crippen molar-refractivity contribution in [1.29, 1.82) is 0 Å². The maximum absolute atomic E-state index is 11.9. The van der Waals surface area contributed by atoms with Gasteiger partial charge in [0, 0.05) is 0 Å². The summed E-state index contributed by atoms with van der Waals surface area (Å²) >= 11 is 0. The van der Waals surface area contributed by atoms with Gasteiger partial charge in [-0.05, 0) is 48.5 Å². The highest BCUT2D eigenvalue weighted by atomic mass is 16.5. The Kier molecular flexibility index (Phi) is 4.93. The molecule has 0 saturated carbocycles. The van der Waals surface area contributed by atoms with Crippen LogP contribution in [0.1, 0.15) is 20.7 Å². The number of hydrogen-bond acceptors (Lipinski definition) is 5. The first kappa shape index (κ1) is 15.3. The number of carbonyl (C=O) groups is 2. The molecule has 2 aromatic rings. The summed E-state index contributed by atoms with van der Waals surface area (Å²) in [5.41, 5.74) is 0.665. The van der Waals surface area contributed by atoms with Crippen molar-refractivity contribution in [3.8, 4) is 11.5 Å². The first-order valence-corrected chi connectivity index (χ1v) is 6.49. The number of carbonyl (C=O) groups excluding carboxylic acids is 2. The van der Waals surface area contributed by atoms with E-state index >= 15 is 0 Å². The van der Waals surface area contributed by atoms with Gasteiger partial charge in [0.1, 0.15) is 18.1 Å². The molecule has 0 spiro atoms. The molecule has 0 fully saturated rings. The molecule has 1 N–H and O–H groups in total. The fourth-order valence-electron chi connectivity index (χ4n) is 1.64. The van der Waals surface area contributed by atoms with Crippen LogP contribution in [0.15, 0.2) is 61.2 Å². The molecule has 2 aromatic carbocycles. The fraction of sp³-hybridized carbons (Fsp3) is 0.0588. The van der Waals surface area contributed by atoms with Crippen LogP contribution in [-0.4, -0.2) is 23.7 Å². The Morgan fingerprint density at radius 3 is 2.09 bits per heavy atom.